The Morgan fingerprint density at radius 2 is 1.82 bits per heavy atom. The SMILES string of the molecule is CC[C@@]1(c2ccc(F)cc2)NC(=O)N(CC(=O)NCc2ccccc2C)C1=O. The van der Waals surface area contributed by atoms with E-state index in [-0.39, 0.29) is 13.0 Å². The smallest absolute Gasteiger partial charge is 0.325 e. The predicted molar refractivity (Wildman–Crippen MR) is 102 cm³/mol. The molecule has 3 rings (SSSR count). The zero-order valence-corrected chi connectivity index (χ0v) is 15.8. The van der Waals surface area contributed by atoms with Crippen LogP contribution in [0.25, 0.3) is 0 Å². The van der Waals surface area contributed by atoms with Gasteiger partial charge < -0.3 is 10.6 Å². The van der Waals surface area contributed by atoms with Crippen LogP contribution in [0.3, 0.4) is 0 Å². The standard InChI is InChI=1S/C21H22FN3O3/c1-3-21(16-8-10-17(22)11-9-16)19(27)25(20(28)24-21)13-18(26)23-12-15-7-5-4-6-14(15)2/h4-11H,3,12-13H2,1-2H3,(H,23,26)(H,24,28)/t21-/m0/s1. The van der Waals surface area contributed by atoms with Gasteiger partial charge in [0.15, 0.2) is 0 Å². The second-order valence-electron chi connectivity index (χ2n) is 6.79. The number of benzene rings is 2. The van der Waals surface area contributed by atoms with Crippen molar-refractivity contribution in [3.05, 3.63) is 71.0 Å². The Labute approximate surface area is 162 Å². The molecule has 7 heteroatoms. The Kier molecular flexibility index (Phi) is 5.44. The van der Waals surface area contributed by atoms with E-state index in [1.807, 2.05) is 31.2 Å². The molecular weight excluding hydrogens is 361 g/mol. The number of halogens is 1. The molecule has 1 saturated heterocycles. The van der Waals surface area contributed by atoms with E-state index in [1.54, 1.807) is 6.92 Å². The van der Waals surface area contributed by atoms with Gasteiger partial charge in [-0.3, -0.25) is 14.5 Å². The van der Waals surface area contributed by atoms with Crippen LogP contribution in [0.2, 0.25) is 0 Å². The van der Waals surface area contributed by atoms with Crippen molar-refractivity contribution in [3.63, 3.8) is 0 Å². The maximum Gasteiger partial charge on any atom is 0.325 e. The Morgan fingerprint density at radius 3 is 2.46 bits per heavy atom. The summed E-state index contributed by atoms with van der Waals surface area (Å²) in [5, 5.41) is 5.41. The van der Waals surface area contributed by atoms with Crippen molar-refractivity contribution in [1.29, 1.82) is 0 Å². The first kappa shape index (κ1) is 19.5. The number of amides is 4. The van der Waals surface area contributed by atoms with Gasteiger partial charge in [0, 0.05) is 6.54 Å². The molecule has 0 aromatic heterocycles. The van der Waals surface area contributed by atoms with Crippen LogP contribution >= 0.6 is 0 Å². The van der Waals surface area contributed by atoms with Crippen LogP contribution in [0.4, 0.5) is 9.18 Å². The number of carbonyl (C=O) groups excluding carboxylic acids is 3. The van der Waals surface area contributed by atoms with Gasteiger partial charge in [-0.05, 0) is 42.2 Å². The van der Waals surface area contributed by atoms with E-state index in [2.05, 4.69) is 10.6 Å². The molecular formula is C21H22FN3O3. The predicted octanol–water partition coefficient (Wildman–Crippen LogP) is 2.61. The lowest BCUT2D eigenvalue weighted by Crippen LogP contribution is -2.44. The van der Waals surface area contributed by atoms with E-state index < -0.39 is 29.2 Å². The number of imide groups is 1. The minimum atomic E-state index is -1.29. The summed E-state index contributed by atoms with van der Waals surface area (Å²) in [5.74, 6) is -1.38. The van der Waals surface area contributed by atoms with Gasteiger partial charge in [0.05, 0.1) is 0 Å². The molecule has 0 aliphatic carbocycles. The number of aryl methyl sites for hydroxylation is 1. The maximum atomic E-state index is 13.2. The highest BCUT2D eigenvalue weighted by atomic mass is 19.1. The Hall–Kier alpha value is -3.22. The van der Waals surface area contributed by atoms with E-state index >= 15 is 0 Å². The van der Waals surface area contributed by atoms with E-state index in [0.717, 1.165) is 16.0 Å². The summed E-state index contributed by atoms with van der Waals surface area (Å²) in [6.07, 6.45) is 0.282. The minimum Gasteiger partial charge on any atom is -0.350 e. The summed E-state index contributed by atoms with van der Waals surface area (Å²) in [7, 11) is 0. The molecule has 0 radical (unpaired) electrons. The van der Waals surface area contributed by atoms with Gasteiger partial charge in [-0.2, -0.15) is 0 Å². The number of rotatable bonds is 6. The summed E-state index contributed by atoms with van der Waals surface area (Å²) < 4.78 is 13.2. The zero-order chi connectivity index (χ0) is 20.3. The average Bonchev–Trinajstić information content (AvgIpc) is 2.93. The third kappa shape index (κ3) is 3.60. The molecule has 6 nitrogen and oxygen atoms in total. The number of hydrogen-bond donors (Lipinski definition) is 2. The first-order valence-electron chi connectivity index (χ1n) is 9.08. The molecule has 0 unspecified atom stereocenters. The van der Waals surface area contributed by atoms with Crippen molar-refractivity contribution >= 4 is 17.8 Å². The van der Waals surface area contributed by atoms with E-state index in [9.17, 15) is 18.8 Å². The molecule has 0 bridgehead atoms. The Morgan fingerprint density at radius 1 is 1.14 bits per heavy atom. The second kappa shape index (κ2) is 7.80. The van der Waals surface area contributed by atoms with Crippen molar-refractivity contribution in [2.45, 2.75) is 32.4 Å². The molecule has 2 aromatic carbocycles. The van der Waals surface area contributed by atoms with Crippen molar-refractivity contribution < 1.29 is 18.8 Å². The minimum absolute atomic E-state index is 0.282. The number of nitrogens with zero attached hydrogens (tertiary/aromatic N) is 1. The number of carbonyl (C=O) groups is 3. The fourth-order valence-corrected chi connectivity index (χ4v) is 3.35. The first-order chi connectivity index (χ1) is 13.4. The zero-order valence-electron chi connectivity index (χ0n) is 15.8. The molecule has 2 N–H and O–H groups in total. The summed E-state index contributed by atoms with van der Waals surface area (Å²) in [4.78, 5) is 38.6. The molecule has 1 fully saturated rings. The molecule has 1 heterocycles. The van der Waals surface area contributed by atoms with Crippen LogP contribution in [-0.2, 0) is 21.7 Å². The Balaban J connectivity index is 1.71. The first-order valence-corrected chi connectivity index (χ1v) is 9.08. The van der Waals surface area contributed by atoms with Gasteiger partial charge in [-0.25, -0.2) is 9.18 Å². The third-order valence-electron chi connectivity index (χ3n) is 5.08. The normalized spacial score (nSPS) is 18.9. The molecule has 1 aliphatic rings. The summed E-state index contributed by atoms with van der Waals surface area (Å²) in [6, 6.07) is 12.4. The molecule has 1 atom stereocenters. The van der Waals surface area contributed by atoms with Crippen LogP contribution in [0.15, 0.2) is 48.5 Å². The number of hydrogen-bond acceptors (Lipinski definition) is 3. The van der Waals surface area contributed by atoms with Gasteiger partial charge >= 0.3 is 6.03 Å². The van der Waals surface area contributed by atoms with Crippen molar-refractivity contribution in [3.8, 4) is 0 Å². The van der Waals surface area contributed by atoms with Crippen LogP contribution in [-0.4, -0.2) is 29.3 Å². The third-order valence-corrected chi connectivity index (χ3v) is 5.08. The lowest BCUT2D eigenvalue weighted by atomic mass is 9.87. The monoisotopic (exact) mass is 383 g/mol. The molecule has 28 heavy (non-hydrogen) atoms. The van der Waals surface area contributed by atoms with E-state index in [1.165, 1.54) is 24.3 Å². The van der Waals surface area contributed by atoms with Crippen LogP contribution in [0.5, 0.6) is 0 Å². The Bertz CT molecular complexity index is 913. The molecule has 0 spiro atoms. The highest BCUT2D eigenvalue weighted by Crippen LogP contribution is 2.32. The van der Waals surface area contributed by atoms with Gasteiger partial charge in [0.2, 0.25) is 5.91 Å². The molecule has 0 saturated carbocycles. The quantitative estimate of drug-likeness (QED) is 0.753. The molecule has 1 aliphatic heterocycles. The average molecular weight is 383 g/mol. The fourth-order valence-electron chi connectivity index (χ4n) is 3.35. The number of urea groups is 1. The van der Waals surface area contributed by atoms with Crippen molar-refractivity contribution in [1.82, 2.24) is 15.5 Å². The van der Waals surface area contributed by atoms with Gasteiger partial charge in [0.1, 0.15) is 17.9 Å². The second-order valence-corrected chi connectivity index (χ2v) is 6.79. The summed E-state index contributed by atoms with van der Waals surface area (Å²) >= 11 is 0. The maximum absolute atomic E-state index is 13.2. The van der Waals surface area contributed by atoms with Gasteiger partial charge in [0.25, 0.3) is 5.91 Å². The lowest BCUT2D eigenvalue weighted by molar-refractivity contribution is -0.135. The van der Waals surface area contributed by atoms with Crippen LogP contribution in [0, 0.1) is 12.7 Å². The van der Waals surface area contributed by atoms with Crippen molar-refractivity contribution in [2.24, 2.45) is 0 Å². The molecule has 2 aromatic rings. The number of nitrogens with one attached hydrogen (secondary N) is 2. The highest BCUT2D eigenvalue weighted by molar-refractivity contribution is 6.09. The van der Waals surface area contributed by atoms with Gasteiger partial charge in [-0.1, -0.05) is 43.3 Å². The molecule has 4 amide bonds. The molecule has 146 valence electrons. The highest BCUT2D eigenvalue weighted by Gasteiger charge is 2.51. The largest absolute Gasteiger partial charge is 0.350 e. The summed E-state index contributed by atoms with van der Waals surface area (Å²) in [5.41, 5.74) is 1.19. The van der Waals surface area contributed by atoms with E-state index in [0.29, 0.717) is 12.1 Å². The van der Waals surface area contributed by atoms with E-state index in [4.69, 9.17) is 0 Å². The van der Waals surface area contributed by atoms with Crippen LogP contribution < -0.4 is 10.6 Å². The lowest BCUT2D eigenvalue weighted by Gasteiger charge is -2.25. The van der Waals surface area contributed by atoms with Crippen LogP contribution in [0.1, 0.15) is 30.0 Å². The summed E-state index contributed by atoms with van der Waals surface area (Å²) in [6.45, 7) is 3.63. The van der Waals surface area contributed by atoms with Gasteiger partial charge in [-0.15, -0.1) is 0 Å². The topological polar surface area (TPSA) is 78.5 Å². The van der Waals surface area contributed by atoms with Crippen molar-refractivity contribution in [2.75, 3.05) is 6.54 Å². The fraction of sp³-hybridized carbons (Fsp3) is 0.286.